The second-order valence-electron chi connectivity index (χ2n) is 40.1. The lowest BCUT2D eigenvalue weighted by atomic mass is 9.67. The fourth-order valence-electron chi connectivity index (χ4n) is 23.7. The van der Waals surface area contributed by atoms with Gasteiger partial charge in [-0.1, -0.05) is 434 Å². The summed E-state index contributed by atoms with van der Waals surface area (Å²) in [6.07, 6.45) is 6.25. The summed E-state index contributed by atoms with van der Waals surface area (Å²) in [6, 6.07) is 132. The van der Waals surface area contributed by atoms with Crippen molar-refractivity contribution in [1.82, 2.24) is 44.9 Å². The minimum Gasteiger partial charge on any atom is -0.208 e. The van der Waals surface area contributed by atoms with Crippen LogP contribution in [0.25, 0.3) is 180 Å². The van der Waals surface area contributed by atoms with Crippen molar-refractivity contribution in [2.75, 3.05) is 0 Å². The van der Waals surface area contributed by atoms with Gasteiger partial charge in [0.25, 0.3) is 0 Å². The quantitative estimate of drug-likeness (QED) is 0.132. The Morgan fingerprint density at radius 3 is 0.748 bits per heavy atom. The molecule has 650 valence electrons. The second-order valence-corrected chi connectivity index (χ2v) is 40.1. The molecule has 0 saturated heterocycles. The highest BCUT2D eigenvalue weighted by Gasteiger charge is 2.46. The molecule has 135 heavy (non-hydrogen) atoms. The van der Waals surface area contributed by atoms with E-state index < -0.39 is 0 Å². The molecule has 0 radical (unpaired) electrons. The van der Waals surface area contributed by atoms with E-state index >= 15 is 0 Å². The van der Waals surface area contributed by atoms with Gasteiger partial charge in [0.15, 0.2) is 52.4 Å². The third-order valence-corrected chi connectivity index (χ3v) is 30.7. The predicted octanol–water partition coefficient (Wildman–Crippen LogP) is 31.0. The lowest BCUT2D eigenvalue weighted by molar-refractivity contribution is 0.353. The molecule has 7 aliphatic carbocycles. The van der Waals surface area contributed by atoms with Gasteiger partial charge in [-0.05, 0) is 182 Å². The van der Waals surface area contributed by atoms with E-state index in [-0.39, 0.29) is 32.5 Å². The maximum Gasteiger partial charge on any atom is 0.164 e. The maximum absolute atomic E-state index is 5.28. The topological polar surface area (TPSA) is 116 Å². The van der Waals surface area contributed by atoms with Gasteiger partial charge in [0.05, 0.1) is 0 Å². The Bertz CT molecular complexity index is 8050. The third-order valence-electron chi connectivity index (χ3n) is 30.7. The summed E-state index contributed by atoms with van der Waals surface area (Å²) in [5, 5.41) is 0. The molecular weight excluding hydrogens is 1640 g/mol. The van der Waals surface area contributed by atoms with E-state index in [9.17, 15) is 0 Å². The molecule has 3 aromatic heterocycles. The zero-order chi connectivity index (χ0) is 91.4. The summed E-state index contributed by atoms with van der Waals surface area (Å²) in [5.74, 6) is 6.26. The van der Waals surface area contributed by atoms with E-state index in [1.807, 2.05) is 30.3 Å². The molecule has 0 bridgehead atoms. The summed E-state index contributed by atoms with van der Waals surface area (Å²) in [7, 11) is 0. The monoisotopic (exact) mass is 1740 g/mol. The molecule has 7 aliphatic rings. The molecule has 1 fully saturated rings. The highest BCUT2D eigenvalue weighted by atomic mass is 15.1. The van der Waals surface area contributed by atoms with Gasteiger partial charge in [-0.3, -0.25) is 0 Å². The zero-order valence-electron chi connectivity index (χ0n) is 77.8. The Morgan fingerprint density at radius 1 is 0.148 bits per heavy atom. The van der Waals surface area contributed by atoms with Gasteiger partial charge in [-0.25, -0.2) is 44.9 Å². The van der Waals surface area contributed by atoms with Crippen molar-refractivity contribution >= 4 is 0 Å². The first-order chi connectivity index (χ1) is 65.7. The standard InChI is InChI=1S/C45H35N3.C42H35N3.C39H31N3/c1-44(2)37-22-11-9-19-34(37)40-35(20-13-23-38(40)44)43-47-41(30-17-12-16-29(26-30)28-14-6-5-7-15-28)46-42(48-43)31-24-25-33-32-18-8-10-21-36(32)45(3,4)39(33)27-31;1-41(2)33-19-9-8-17-31(33)37-32(18-13-21-35(37)41)40-44-38(27-14-5-3-6-15-27)43-39(45-40)28-22-23-30-29-16-7-10-20-34(29)42(36(30)26-28)24-11-4-12-25-42;1-38(2)31-19-11-9-16-28(31)34-29(17-12-20-32(34)38)37-41-35(24-13-6-5-7-14-24)40-36(42-37)25-21-22-27-26-15-8-10-18-30(26)39(3,4)33(27)23-25/h5-27H,1-4H3;3,5-10,13-23,26H,4,11-12,24-25H2,1-2H3;5-23H,1-4H3. The minimum atomic E-state index is -0.125. The summed E-state index contributed by atoms with van der Waals surface area (Å²) in [6.45, 7) is 23.1. The van der Waals surface area contributed by atoms with Crippen LogP contribution in [0.15, 0.2) is 370 Å². The third kappa shape index (κ3) is 13.3. The fourth-order valence-corrected chi connectivity index (χ4v) is 23.7. The normalized spacial score (nSPS) is 15.4. The maximum atomic E-state index is 5.28. The van der Waals surface area contributed by atoms with Gasteiger partial charge in [-0.15, -0.1) is 0 Å². The molecule has 9 heteroatoms. The van der Waals surface area contributed by atoms with Crippen LogP contribution in [0, 0.1) is 0 Å². The van der Waals surface area contributed by atoms with Gasteiger partial charge in [0.1, 0.15) is 0 Å². The molecule has 0 amide bonds. The average Bonchev–Trinajstić information content (AvgIpc) is 1.58. The van der Waals surface area contributed by atoms with Crippen LogP contribution in [0.2, 0.25) is 0 Å². The van der Waals surface area contributed by atoms with Gasteiger partial charge < -0.3 is 0 Å². The Balaban J connectivity index is 0.000000111. The fraction of sp³-hybridized carbons (Fsp3) is 0.167. The van der Waals surface area contributed by atoms with Crippen LogP contribution in [-0.2, 0) is 32.5 Å². The van der Waals surface area contributed by atoms with Crippen LogP contribution in [0.5, 0.6) is 0 Å². The molecule has 9 nitrogen and oxygen atoms in total. The van der Waals surface area contributed by atoms with Gasteiger partial charge >= 0.3 is 0 Å². The summed E-state index contributed by atoms with van der Waals surface area (Å²) in [4.78, 5) is 46.7. The van der Waals surface area contributed by atoms with Crippen molar-refractivity contribution < 1.29 is 0 Å². The Labute approximate surface area is 790 Å². The summed E-state index contributed by atoms with van der Waals surface area (Å²) < 4.78 is 0. The first-order valence-electron chi connectivity index (χ1n) is 47.7. The molecule has 1 saturated carbocycles. The van der Waals surface area contributed by atoms with Crippen molar-refractivity contribution in [1.29, 1.82) is 0 Å². The molecule has 26 rings (SSSR count). The van der Waals surface area contributed by atoms with E-state index in [1.54, 1.807) is 0 Å². The van der Waals surface area contributed by atoms with Gasteiger partial charge in [0.2, 0.25) is 0 Å². The smallest absolute Gasteiger partial charge is 0.164 e. The van der Waals surface area contributed by atoms with Crippen LogP contribution >= 0.6 is 0 Å². The van der Waals surface area contributed by atoms with Gasteiger partial charge in [0, 0.05) is 82.6 Å². The summed E-state index contributed by atoms with van der Waals surface area (Å²) in [5.41, 5.74) is 42.5. The number of benzene rings is 16. The Kier molecular flexibility index (Phi) is 19.4. The van der Waals surface area contributed by atoms with E-state index in [2.05, 4.69) is 409 Å². The van der Waals surface area contributed by atoms with E-state index in [0.717, 1.165) is 72.8 Å². The molecule has 0 aliphatic heterocycles. The molecule has 0 N–H and O–H groups in total. The molecule has 1 spiro atoms. The lowest BCUT2D eigenvalue weighted by Gasteiger charge is -2.36. The predicted molar refractivity (Wildman–Crippen MR) is 551 cm³/mol. The van der Waals surface area contributed by atoms with Crippen LogP contribution in [-0.4, -0.2) is 44.9 Å². The number of hydrogen-bond donors (Lipinski definition) is 0. The largest absolute Gasteiger partial charge is 0.208 e. The van der Waals surface area contributed by atoms with Crippen LogP contribution < -0.4 is 0 Å². The van der Waals surface area contributed by atoms with E-state index in [1.165, 1.54) is 166 Å². The molecule has 19 aromatic rings. The number of aromatic nitrogens is 9. The molecule has 0 atom stereocenters. The van der Waals surface area contributed by atoms with Crippen LogP contribution in [0.3, 0.4) is 0 Å². The highest BCUT2D eigenvalue weighted by molar-refractivity contribution is 5.96. The van der Waals surface area contributed by atoms with E-state index in [0.29, 0.717) is 40.8 Å². The van der Waals surface area contributed by atoms with Crippen LogP contribution in [0.1, 0.15) is 168 Å². The second kappa shape index (κ2) is 31.6. The number of nitrogens with zero attached hydrogens (tertiary/aromatic N) is 9. The highest BCUT2D eigenvalue weighted by Crippen LogP contribution is 2.60. The number of rotatable bonds is 10. The van der Waals surface area contributed by atoms with Crippen molar-refractivity contribution in [2.24, 2.45) is 0 Å². The molecule has 16 aromatic carbocycles. The molecular formula is C126H101N9. The van der Waals surface area contributed by atoms with Crippen molar-refractivity contribution in [3.05, 3.63) is 437 Å². The van der Waals surface area contributed by atoms with Crippen molar-refractivity contribution in [3.8, 4) is 180 Å². The minimum absolute atomic E-state index is 0.0772. The SMILES string of the molecule is CC1(C)c2ccccc2-c2c(-c3nc(-c4ccccc4)nc(-c4ccc5c(c4)C4(CCCCC4)c4ccccc4-5)n3)cccc21.CC1(C)c2ccccc2-c2ccc(-c3nc(-c4cccc(-c5ccccc5)c4)nc(-c4cccc5c4-c4ccccc4C5(C)C)n3)cc21.CC1(C)c2ccccc2-c2ccc(-c3nc(-c4ccccc4)nc(-c4cccc5c4-c4ccccc4C5(C)C)n3)cc21. The average molecular weight is 1740 g/mol. The Hall–Kier alpha value is -15.5. The lowest BCUT2D eigenvalue weighted by Crippen LogP contribution is -2.28. The number of fused-ring (bicyclic) bond motifs is 20. The summed E-state index contributed by atoms with van der Waals surface area (Å²) >= 11 is 0. The number of hydrogen-bond acceptors (Lipinski definition) is 9. The molecule has 3 heterocycles. The van der Waals surface area contributed by atoms with E-state index in [4.69, 9.17) is 44.9 Å². The zero-order valence-corrected chi connectivity index (χ0v) is 77.8. The first kappa shape index (κ1) is 82.7. The molecule has 0 unspecified atom stereocenters. The van der Waals surface area contributed by atoms with Crippen LogP contribution in [0.4, 0.5) is 0 Å². The first-order valence-corrected chi connectivity index (χ1v) is 47.7. The van der Waals surface area contributed by atoms with Crippen molar-refractivity contribution in [3.63, 3.8) is 0 Å². The van der Waals surface area contributed by atoms with Gasteiger partial charge in [-0.2, -0.15) is 0 Å². The van der Waals surface area contributed by atoms with Crippen molar-refractivity contribution in [2.45, 2.75) is 134 Å². The Morgan fingerprint density at radius 2 is 0.378 bits per heavy atom.